The SMILES string of the molecule is CCC(CC)N1CCN(C2CCN(Cc3ccccc3)CC2)CC1. The van der Waals surface area contributed by atoms with Gasteiger partial charge >= 0.3 is 0 Å². The van der Waals surface area contributed by atoms with E-state index in [1.807, 2.05) is 0 Å². The Kier molecular flexibility index (Phi) is 6.70. The molecule has 0 spiro atoms. The van der Waals surface area contributed by atoms with Crippen molar-refractivity contribution in [1.29, 1.82) is 0 Å². The van der Waals surface area contributed by atoms with Crippen molar-refractivity contribution >= 4 is 0 Å². The molecule has 3 rings (SSSR count). The van der Waals surface area contributed by atoms with Crippen LogP contribution < -0.4 is 0 Å². The molecular formula is C21H35N3. The lowest BCUT2D eigenvalue weighted by atomic mass is 10.0. The molecule has 1 aromatic rings. The number of rotatable bonds is 6. The minimum atomic E-state index is 0.805. The first-order valence-electron chi connectivity index (χ1n) is 10.0. The van der Waals surface area contributed by atoms with Gasteiger partial charge in [0.05, 0.1) is 0 Å². The Balaban J connectivity index is 1.41. The maximum absolute atomic E-state index is 2.78. The Labute approximate surface area is 148 Å². The van der Waals surface area contributed by atoms with Crippen molar-refractivity contribution in [3.63, 3.8) is 0 Å². The van der Waals surface area contributed by atoms with Gasteiger partial charge in [0, 0.05) is 44.8 Å². The van der Waals surface area contributed by atoms with Gasteiger partial charge in [-0.15, -0.1) is 0 Å². The van der Waals surface area contributed by atoms with Crippen molar-refractivity contribution in [2.24, 2.45) is 0 Å². The second-order valence-electron chi connectivity index (χ2n) is 7.54. The van der Waals surface area contributed by atoms with Crippen molar-refractivity contribution in [2.45, 2.75) is 58.2 Å². The third kappa shape index (κ3) is 4.59. The summed E-state index contributed by atoms with van der Waals surface area (Å²) in [5.74, 6) is 0. The molecule has 134 valence electrons. The van der Waals surface area contributed by atoms with Crippen LogP contribution in [0, 0.1) is 0 Å². The molecule has 2 saturated heterocycles. The zero-order valence-electron chi connectivity index (χ0n) is 15.7. The summed E-state index contributed by atoms with van der Waals surface area (Å²) in [6.07, 6.45) is 5.29. The summed E-state index contributed by atoms with van der Waals surface area (Å²) >= 11 is 0. The fourth-order valence-electron chi connectivity index (χ4n) is 4.56. The van der Waals surface area contributed by atoms with Crippen molar-refractivity contribution in [3.8, 4) is 0 Å². The van der Waals surface area contributed by atoms with E-state index in [0.29, 0.717) is 0 Å². The van der Waals surface area contributed by atoms with Crippen LogP contribution in [-0.4, -0.2) is 66.1 Å². The zero-order chi connectivity index (χ0) is 16.8. The van der Waals surface area contributed by atoms with Crippen LogP contribution in [-0.2, 0) is 6.54 Å². The van der Waals surface area contributed by atoms with Gasteiger partial charge in [-0.3, -0.25) is 14.7 Å². The van der Waals surface area contributed by atoms with Gasteiger partial charge in [-0.25, -0.2) is 0 Å². The summed E-state index contributed by atoms with van der Waals surface area (Å²) in [6.45, 7) is 13.4. The maximum atomic E-state index is 2.78. The van der Waals surface area contributed by atoms with Crippen LogP contribution in [0.25, 0.3) is 0 Å². The Bertz CT molecular complexity index is 455. The molecule has 2 aliphatic rings. The van der Waals surface area contributed by atoms with Gasteiger partial charge in [0.15, 0.2) is 0 Å². The van der Waals surface area contributed by atoms with Crippen LogP contribution in [0.2, 0.25) is 0 Å². The average Bonchev–Trinajstić information content (AvgIpc) is 2.65. The Morgan fingerprint density at radius 3 is 2.08 bits per heavy atom. The van der Waals surface area contributed by atoms with Gasteiger partial charge in [-0.1, -0.05) is 44.2 Å². The van der Waals surface area contributed by atoms with E-state index in [1.165, 1.54) is 70.5 Å². The van der Waals surface area contributed by atoms with Gasteiger partial charge in [0.25, 0.3) is 0 Å². The normalized spacial score (nSPS) is 22.3. The first-order valence-corrected chi connectivity index (χ1v) is 10.0. The molecule has 0 saturated carbocycles. The Morgan fingerprint density at radius 1 is 0.875 bits per heavy atom. The van der Waals surface area contributed by atoms with Crippen LogP contribution in [0.5, 0.6) is 0 Å². The lowest BCUT2D eigenvalue weighted by Gasteiger charge is -2.44. The molecule has 2 aliphatic heterocycles. The minimum absolute atomic E-state index is 0.805. The number of piperidine rings is 1. The molecule has 0 N–H and O–H groups in total. The highest BCUT2D eigenvalue weighted by Crippen LogP contribution is 2.21. The summed E-state index contributed by atoms with van der Waals surface area (Å²) in [6, 6.07) is 12.5. The van der Waals surface area contributed by atoms with E-state index in [1.54, 1.807) is 0 Å². The van der Waals surface area contributed by atoms with E-state index in [-0.39, 0.29) is 0 Å². The second kappa shape index (κ2) is 8.98. The topological polar surface area (TPSA) is 9.72 Å². The van der Waals surface area contributed by atoms with E-state index in [0.717, 1.165) is 18.6 Å². The summed E-state index contributed by atoms with van der Waals surface area (Å²) in [5.41, 5.74) is 1.45. The third-order valence-corrected chi connectivity index (χ3v) is 6.13. The predicted octanol–water partition coefficient (Wildman–Crippen LogP) is 3.46. The highest BCUT2D eigenvalue weighted by Gasteiger charge is 2.28. The maximum Gasteiger partial charge on any atom is 0.0233 e. The van der Waals surface area contributed by atoms with Crippen LogP contribution >= 0.6 is 0 Å². The zero-order valence-corrected chi connectivity index (χ0v) is 15.7. The fourth-order valence-corrected chi connectivity index (χ4v) is 4.56. The molecule has 0 aliphatic carbocycles. The quantitative estimate of drug-likeness (QED) is 0.791. The standard InChI is InChI=1S/C21H35N3/c1-3-20(4-2)23-14-16-24(17-15-23)21-10-12-22(13-11-21)18-19-8-6-5-7-9-19/h5-9,20-21H,3-4,10-18H2,1-2H3. The average molecular weight is 330 g/mol. The summed E-state index contributed by atoms with van der Waals surface area (Å²) in [7, 11) is 0. The molecule has 3 nitrogen and oxygen atoms in total. The van der Waals surface area contributed by atoms with Crippen molar-refractivity contribution in [1.82, 2.24) is 14.7 Å². The van der Waals surface area contributed by atoms with E-state index in [4.69, 9.17) is 0 Å². The first kappa shape index (κ1) is 17.9. The number of likely N-dealkylation sites (tertiary alicyclic amines) is 1. The second-order valence-corrected chi connectivity index (χ2v) is 7.54. The van der Waals surface area contributed by atoms with Crippen molar-refractivity contribution in [3.05, 3.63) is 35.9 Å². The highest BCUT2D eigenvalue weighted by molar-refractivity contribution is 5.14. The van der Waals surface area contributed by atoms with Crippen molar-refractivity contribution in [2.75, 3.05) is 39.3 Å². The molecule has 0 radical (unpaired) electrons. The number of benzene rings is 1. The van der Waals surface area contributed by atoms with E-state index in [2.05, 4.69) is 58.9 Å². The van der Waals surface area contributed by atoms with Crippen molar-refractivity contribution < 1.29 is 0 Å². The predicted molar refractivity (Wildman–Crippen MR) is 102 cm³/mol. The number of nitrogens with zero attached hydrogens (tertiary/aromatic N) is 3. The van der Waals surface area contributed by atoms with Crippen LogP contribution in [0.15, 0.2) is 30.3 Å². The van der Waals surface area contributed by atoms with Gasteiger partial charge in [-0.05, 0) is 44.3 Å². The molecular weight excluding hydrogens is 294 g/mol. The minimum Gasteiger partial charge on any atom is -0.299 e. The molecule has 1 aromatic carbocycles. The molecule has 0 amide bonds. The Hall–Kier alpha value is -0.900. The summed E-state index contributed by atoms with van der Waals surface area (Å²) in [5, 5.41) is 0. The lowest BCUT2D eigenvalue weighted by Crippen LogP contribution is -2.55. The third-order valence-electron chi connectivity index (χ3n) is 6.13. The fraction of sp³-hybridized carbons (Fsp3) is 0.714. The van der Waals surface area contributed by atoms with E-state index >= 15 is 0 Å². The molecule has 2 fully saturated rings. The van der Waals surface area contributed by atoms with Crippen LogP contribution in [0.4, 0.5) is 0 Å². The molecule has 0 atom stereocenters. The molecule has 0 aromatic heterocycles. The number of piperazine rings is 1. The number of hydrogen-bond acceptors (Lipinski definition) is 3. The van der Waals surface area contributed by atoms with Gasteiger partial charge in [-0.2, -0.15) is 0 Å². The molecule has 0 bridgehead atoms. The molecule has 24 heavy (non-hydrogen) atoms. The summed E-state index contributed by atoms with van der Waals surface area (Å²) < 4.78 is 0. The van der Waals surface area contributed by atoms with Crippen LogP contribution in [0.3, 0.4) is 0 Å². The van der Waals surface area contributed by atoms with E-state index in [9.17, 15) is 0 Å². The summed E-state index contributed by atoms with van der Waals surface area (Å²) in [4.78, 5) is 8.13. The van der Waals surface area contributed by atoms with Gasteiger partial charge in [0.2, 0.25) is 0 Å². The smallest absolute Gasteiger partial charge is 0.0233 e. The van der Waals surface area contributed by atoms with Gasteiger partial charge < -0.3 is 0 Å². The molecule has 2 heterocycles. The molecule has 0 unspecified atom stereocenters. The molecule has 3 heteroatoms. The lowest BCUT2D eigenvalue weighted by molar-refractivity contribution is 0.0397. The monoisotopic (exact) mass is 329 g/mol. The number of hydrogen-bond donors (Lipinski definition) is 0. The van der Waals surface area contributed by atoms with Crippen LogP contribution in [0.1, 0.15) is 45.1 Å². The highest BCUT2D eigenvalue weighted by atomic mass is 15.3. The first-order chi connectivity index (χ1) is 11.8. The Morgan fingerprint density at radius 2 is 1.50 bits per heavy atom. The largest absolute Gasteiger partial charge is 0.299 e. The van der Waals surface area contributed by atoms with E-state index < -0.39 is 0 Å². The van der Waals surface area contributed by atoms with Gasteiger partial charge in [0.1, 0.15) is 0 Å².